The van der Waals surface area contributed by atoms with Crippen molar-refractivity contribution in [3.8, 4) is 0 Å². The average molecular weight is 236 g/mol. The Balaban J connectivity index is 2.84. The summed E-state index contributed by atoms with van der Waals surface area (Å²) in [5, 5.41) is 0. The van der Waals surface area contributed by atoms with E-state index >= 15 is 0 Å². The van der Waals surface area contributed by atoms with Gasteiger partial charge in [-0.3, -0.25) is 0 Å². The van der Waals surface area contributed by atoms with Crippen LogP contribution < -0.4 is 16.4 Å². The van der Waals surface area contributed by atoms with Crippen molar-refractivity contribution in [3.63, 3.8) is 0 Å². The summed E-state index contributed by atoms with van der Waals surface area (Å²) in [6.45, 7) is 9.35. The third-order valence-electron chi connectivity index (χ3n) is 2.74. The van der Waals surface area contributed by atoms with E-state index in [0.29, 0.717) is 13.1 Å². The maximum Gasteiger partial charge on any atom is 0.128 e. The predicted octanol–water partition coefficient (Wildman–Crippen LogP) is 1.10. The second kappa shape index (κ2) is 5.98. The van der Waals surface area contributed by atoms with Gasteiger partial charge in [0.2, 0.25) is 0 Å². The number of nitrogens with zero attached hydrogens (tertiary/aromatic N) is 2. The highest BCUT2D eigenvalue weighted by Crippen LogP contribution is 2.22. The molecule has 0 aromatic carbocycles. The Morgan fingerprint density at radius 2 is 1.71 bits per heavy atom. The molecule has 0 saturated carbocycles. The summed E-state index contributed by atoms with van der Waals surface area (Å²) in [6.07, 6.45) is 1.94. The standard InChI is InChI=1S/C13H24N4/c1-13(2,3)11-4-5-12(16-10-11)17(8-6-14)9-7-15/h4-5,10H,6-9,14-15H2,1-3H3. The number of rotatable bonds is 5. The fraction of sp³-hybridized carbons (Fsp3) is 0.615. The number of anilines is 1. The van der Waals surface area contributed by atoms with Crippen molar-refractivity contribution >= 4 is 5.82 Å². The van der Waals surface area contributed by atoms with Gasteiger partial charge in [-0.05, 0) is 17.0 Å². The molecule has 4 nitrogen and oxygen atoms in total. The summed E-state index contributed by atoms with van der Waals surface area (Å²) < 4.78 is 0. The van der Waals surface area contributed by atoms with Crippen molar-refractivity contribution in [2.45, 2.75) is 26.2 Å². The van der Waals surface area contributed by atoms with Crippen LogP contribution in [0.15, 0.2) is 18.3 Å². The molecule has 0 amide bonds. The summed E-state index contributed by atoms with van der Waals surface area (Å²) >= 11 is 0. The van der Waals surface area contributed by atoms with Gasteiger partial charge < -0.3 is 16.4 Å². The fourth-order valence-corrected chi connectivity index (χ4v) is 1.67. The van der Waals surface area contributed by atoms with Crippen LogP contribution in [0.5, 0.6) is 0 Å². The van der Waals surface area contributed by atoms with Crippen LogP contribution in [-0.2, 0) is 5.41 Å². The zero-order valence-corrected chi connectivity index (χ0v) is 11.1. The molecule has 17 heavy (non-hydrogen) atoms. The van der Waals surface area contributed by atoms with E-state index in [-0.39, 0.29) is 5.41 Å². The van der Waals surface area contributed by atoms with Crippen molar-refractivity contribution in [2.75, 3.05) is 31.1 Å². The van der Waals surface area contributed by atoms with Gasteiger partial charge in [0.05, 0.1) is 0 Å². The molecule has 1 aromatic heterocycles. The number of pyridine rings is 1. The van der Waals surface area contributed by atoms with Gasteiger partial charge in [-0.25, -0.2) is 4.98 Å². The Kier molecular flexibility index (Phi) is 4.90. The minimum atomic E-state index is 0.137. The molecule has 0 aliphatic rings. The van der Waals surface area contributed by atoms with Crippen molar-refractivity contribution in [2.24, 2.45) is 11.5 Å². The lowest BCUT2D eigenvalue weighted by Gasteiger charge is -2.24. The van der Waals surface area contributed by atoms with Gasteiger partial charge in [0.1, 0.15) is 5.82 Å². The van der Waals surface area contributed by atoms with Crippen molar-refractivity contribution in [1.29, 1.82) is 0 Å². The minimum absolute atomic E-state index is 0.137. The van der Waals surface area contributed by atoms with Crippen LogP contribution >= 0.6 is 0 Å². The third kappa shape index (κ3) is 3.98. The Labute approximate surface area is 104 Å². The molecule has 4 N–H and O–H groups in total. The first-order valence-electron chi connectivity index (χ1n) is 6.10. The quantitative estimate of drug-likeness (QED) is 0.803. The molecule has 0 fully saturated rings. The molecule has 1 aromatic rings. The van der Waals surface area contributed by atoms with E-state index in [1.807, 2.05) is 12.3 Å². The Morgan fingerprint density at radius 1 is 1.12 bits per heavy atom. The summed E-state index contributed by atoms with van der Waals surface area (Å²) in [5.41, 5.74) is 12.5. The molecule has 0 aliphatic carbocycles. The van der Waals surface area contributed by atoms with E-state index in [1.165, 1.54) is 5.56 Å². The molecule has 1 heterocycles. The molecule has 0 radical (unpaired) electrons. The summed E-state index contributed by atoms with van der Waals surface area (Å²) in [7, 11) is 0. The average Bonchev–Trinajstić information content (AvgIpc) is 2.28. The minimum Gasteiger partial charge on any atom is -0.354 e. The molecule has 96 valence electrons. The Bertz CT molecular complexity index is 320. The summed E-state index contributed by atoms with van der Waals surface area (Å²) in [5.74, 6) is 0.953. The molecular weight excluding hydrogens is 212 g/mol. The Morgan fingerprint density at radius 3 is 2.06 bits per heavy atom. The first-order valence-corrected chi connectivity index (χ1v) is 6.10. The van der Waals surface area contributed by atoms with E-state index in [9.17, 15) is 0 Å². The zero-order valence-electron chi connectivity index (χ0n) is 11.1. The second-order valence-corrected chi connectivity index (χ2v) is 5.22. The SMILES string of the molecule is CC(C)(C)c1ccc(N(CCN)CCN)nc1. The van der Waals surface area contributed by atoms with Crippen molar-refractivity contribution in [3.05, 3.63) is 23.9 Å². The topological polar surface area (TPSA) is 68.2 Å². The predicted molar refractivity (Wildman–Crippen MR) is 73.3 cm³/mol. The molecule has 0 saturated heterocycles. The van der Waals surface area contributed by atoms with Gasteiger partial charge in [-0.1, -0.05) is 26.8 Å². The lowest BCUT2D eigenvalue weighted by molar-refractivity contribution is 0.587. The number of hydrogen-bond donors (Lipinski definition) is 2. The van der Waals surface area contributed by atoms with Gasteiger partial charge in [0.25, 0.3) is 0 Å². The van der Waals surface area contributed by atoms with Crippen LogP contribution in [0.25, 0.3) is 0 Å². The molecule has 0 bridgehead atoms. The number of aromatic nitrogens is 1. The molecule has 1 rings (SSSR count). The van der Waals surface area contributed by atoms with Crippen molar-refractivity contribution < 1.29 is 0 Å². The third-order valence-corrected chi connectivity index (χ3v) is 2.74. The van der Waals surface area contributed by atoms with Gasteiger partial charge in [-0.2, -0.15) is 0 Å². The largest absolute Gasteiger partial charge is 0.354 e. The summed E-state index contributed by atoms with van der Waals surface area (Å²) in [6, 6.07) is 4.17. The first-order chi connectivity index (χ1) is 7.99. The highest BCUT2D eigenvalue weighted by atomic mass is 15.2. The van der Waals surface area contributed by atoms with Crippen LogP contribution in [0.1, 0.15) is 26.3 Å². The van der Waals surface area contributed by atoms with Crippen LogP contribution in [0, 0.1) is 0 Å². The van der Waals surface area contributed by atoms with Gasteiger partial charge >= 0.3 is 0 Å². The highest BCUT2D eigenvalue weighted by Gasteiger charge is 2.14. The van der Waals surface area contributed by atoms with Gasteiger partial charge in [-0.15, -0.1) is 0 Å². The van der Waals surface area contributed by atoms with E-state index in [4.69, 9.17) is 11.5 Å². The molecular formula is C13H24N4. The normalized spacial score (nSPS) is 11.6. The molecule has 4 heteroatoms. The maximum absolute atomic E-state index is 5.59. The monoisotopic (exact) mass is 236 g/mol. The first kappa shape index (κ1) is 13.9. The number of hydrogen-bond acceptors (Lipinski definition) is 4. The maximum atomic E-state index is 5.59. The second-order valence-electron chi connectivity index (χ2n) is 5.22. The smallest absolute Gasteiger partial charge is 0.128 e. The number of nitrogens with two attached hydrogens (primary N) is 2. The van der Waals surface area contributed by atoms with E-state index < -0.39 is 0 Å². The fourth-order valence-electron chi connectivity index (χ4n) is 1.67. The zero-order chi connectivity index (χ0) is 12.9. The van der Waals surface area contributed by atoms with E-state index in [2.05, 4.69) is 36.7 Å². The summed E-state index contributed by atoms with van der Waals surface area (Å²) in [4.78, 5) is 6.62. The van der Waals surface area contributed by atoms with Crippen molar-refractivity contribution in [1.82, 2.24) is 4.98 Å². The lowest BCUT2D eigenvalue weighted by Crippen LogP contribution is -2.34. The molecule has 0 aliphatic heterocycles. The van der Waals surface area contributed by atoms with Crippen LogP contribution in [-0.4, -0.2) is 31.2 Å². The van der Waals surface area contributed by atoms with E-state index in [0.717, 1.165) is 18.9 Å². The van der Waals surface area contributed by atoms with Gasteiger partial charge in [0.15, 0.2) is 0 Å². The molecule has 0 unspecified atom stereocenters. The highest BCUT2D eigenvalue weighted by molar-refractivity contribution is 5.40. The Hall–Kier alpha value is -1.13. The molecule has 0 atom stereocenters. The van der Waals surface area contributed by atoms with Gasteiger partial charge in [0, 0.05) is 32.4 Å². The lowest BCUT2D eigenvalue weighted by atomic mass is 9.88. The van der Waals surface area contributed by atoms with Crippen LogP contribution in [0.2, 0.25) is 0 Å². The van der Waals surface area contributed by atoms with Crippen LogP contribution in [0.4, 0.5) is 5.82 Å². The van der Waals surface area contributed by atoms with E-state index in [1.54, 1.807) is 0 Å². The molecule has 0 spiro atoms. The van der Waals surface area contributed by atoms with Crippen LogP contribution in [0.3, 0.4) is 0 Å².